The highest BCUT2D eigenvalue weighted by atomic mass is 35.5. The van der Waals surface area contributed by atoms with Crippen LogP contribution in [0, 0.1) is 11.7 Å². The van der Waals surface area contributed by atoms with E-state index in [9.17, 15) is 22.4 Å². The zero-order valence-electron chi connectivity index (χ0n) is 17.4. The van der Waals surface area contributed by atoms with E-state index in [0.29, 0.717) is 18.8 Å². The predicted octanol–water partition coefficient (Wildman–Crippen LogP) is 4.53. The molecule has 1 N–H and O–H groups in total. The number of fused-ring (bicyclic) bond motifs is 1. The lowest BCUT2D eigenvalue weighted by molar-refractivity contribution is -0.351. The van der Waals surface area contributed by atoms with Crippen LogP contribution in [0.4, 0.5) is 17.6 Å². The molecule has 1 amide bonds. The molecule has 0 spiro atoms. The van der Waals surface area contributed by atoms with E-state index in [0.717, 1.165) is 31.0 Å². The third-order valence-corrected chi connectivity index (χ3v) is 7.33. The Morgan fingerprint density at radius 2 is 2.03 bits per heavy atom. The highest BCUT2D eigenvalue weighted by molar-refractivity contribution is 6.30. The fourth-order valence-corrected chi connectivity index (χ4v) is 5.41. The van der Waals surface area contributed by atoms with Crippen molar-refractivity contribution in [3.05, 3.63) is 47.3 Å². The number of imidazole rings is 1. The number of carbonyl (C=O) groups is 1. The van der Waals surface area contributed by atoms with Crippen LogP contribution in [0.2, 0.25) is 5.02 Å². The highest BCUT2D eigenvalue weighted by Gasteiger charge is 2.57. The molecular formula is C22H22ClF4N3O3. The third kappa shape index (κ3) is 4.55. The Kier molecular flexibility index (Phi) is 5.55. The number of carbonyl (C=O) groups excluding carboxylic acids is 1. The largest absolute Gasteiger partial charge is 0.522 e. The number of benzene rings is 1. The van der Waals surface area contributed by atoms with Crippen molar-refractivity contribution in [1.82, 2.24) is 14.9 Å². The van der Waals surface area contributed by atoms with Gasteiger partial charge in [0.25, 0.3) is 5.91 Å². The fourth-order valence-electron chi connectivity index (χ4n) is 5.29. The second kappa shape index (κ2) is 8.16. The van der Waals surface area contributed by atoms with E-state index in [2.05, 4.69) is 19.6 Å². The van der Waals surface area contributed by atoms with Crippen LogP contribution in [0.3, 0.4) is 0 Å². The Morgan fingerprint density at radius 1 is 1.27 bits per heavy atom. The van der Waals surface area contributed by atoms with Crippen molar-refractivity contribution in [2.45, 2.75) is 62.1 Å². The summed E-state index contributed by atoms with van der Waals surface area (Å²) in [5.41, 5.74) is 0.658. The van der Waals surface area contributed by atoms with Gasteiger partial charge < -0.3 is 14.6 Å². The maximum atomic E-state index is 13.5. The molecule has 4 fully saturated rings. The number of amides is 1. The highest BCUT2D eigenvalue weighted by Crippen LogP contribution is 2.57. The maximum Gasteiger partial charge on any atom is 0.522 e. The number of alkyl halides is 3. The molecular weight excluding hydrogens is 466 g/mol. The maximum absolute atomic E-state index is 13.5. The first-order chi connectivity index (χ1) is 15.6. The zero-order chi connectivity index (χ0) is 23.4. The quantitative estimate of drug-likeness (QED) is 0.583. The second-order valence-corrected chi connectivity index (χ2v) is 9.60. The van der Waals surface area contributed by atoms with Crippen molar-refractivity contribution in [3.8, 4) is 5.75 Å². The Labute approximate surface area is 192 Å². The third-order valence-electron chi connectivity index (χ3n) is 7.02. The molecule has 0 radical (unpaired) electrons. The molecule has 1 heterocycles. The molecule has 1 unspecified atom stereocenters. The van der Waals surface area contributed by atoms with Crippen LogP contribution in [0.1, 0.15) is 43.7 Å². The first-order valence-electron chi connectivity index (χ1n) is 10.8. The SMILES string of the molecule is O=C(COc1ccc(Cl)c(F)c1)NC1CC2(n3cnc(C4CC(OC(F)(F)F)C4)c3)CC1C2. The summed E-state index contributed by atoms with van der Waals surface area (Å²) < 4.78 is 61.9. The van der Waals surface area contributed by atoms with Gasteiger partial charge in [0, 0.05) is 29.8 Å². The number of rotatable bonds is 7. The van der Waals surface area contributed by atoms with Crippen molar-refractivity contribution < 1.29 is 31.8 Å². The van der Waals surface area contributed by atoms with Crippen molar-refractivity contribution in [3.63, 3.8) is 0 Å². The van der Waals surface area contributed by atoms with E-state index in [4.69, 9.17) is 16.3 Å². The van der Waals surface area contributed by atoms with Crippen molar-refractivity contribution in [2.24, 2.45) is 5.92 Å². The first kappa shape index (κ1) is 22.5. The summed E-state index contributed by atoms with van der Waals surface area (Å²) in [5, 5.41) is 2.98. The molecule has 2 bridgehead atoms. The standard InChI is InChI=1S/C22H22ClF4N3O3/c23-16-2-1-14(5-17(16)24)32-10-20(31)29-18-8-21(6-13(18)7-21)30-9-19(28-11-30)12-3-15(4-12)33-22(25,26)27/h1-2,5,9,11-13,15,18H,3-4,6-8,10H2,(H,29,31). The topological polar surface area (TPSA) is 65.4 Å². The molecule has 1 atom stereocenters. The van der Waals surface area contributed by atoms with E-state index in [-0.39, 0.29) is 40.8 Å². The summed E-state index contributed by atoms with van der Waals surface area (Å²) in [5.74, 6) is -0.351. The number of hydrogen-bond donors (Lipinski definition) is 1. The summed E-state index contributed by atoms with van der Waals surface area (Å²) in [7, 11) is 0. The average Bonchev–Trinajstić information content (AvgIpc) is 3.37. The first-order valence-corrected chi connectivity index (χ1v) is 11.1. The monoisotopic (exact) mass is 487 g/mol. The molecule has 4 saturated carbocycles. The van der Waals surface area contributed by atoms with Gasteiger partial charge in [-0.1, -0.05) is 11.6 Å². The minimum Gasteiger partial charge on any atom is -0.484 e. The van der Waals surface area contributed by atoms with Gasteiger partial charge in [0.15, 0.2) is 6.61 Å². The van der Waals surface area contributed by atoms with E-state index in [1.807, 2.05) is 6.20 Å². The molecule has 1 aromatic carbocycles. The molecule has 0 saturated heterocycles. The van der Waals surface area contributed by atoms with Crippen molar-refractivity contribution in [1.29, 1.82) is 0 Å². The van der Waals surface area contributed by atoms with Crippen LogP contribution in [-0.2, 0) is 15.1 Å². The summed E-state index contributed by atoms with van der Waals surface area (Å²) in [6.45, 7) is -0.227. The Balaban J connectivity index is 1.11. The van der Waals surface area contributed by atoms with E-state index < -0.39 is 18.3 Å². The van der Waals surface area contributed by atoms with Gasteiger partial charge in [0.2, 0.25) is 0 Å². The van der Waals surface area contributed by atoms with Gasteiger partial charge in [-0.2, -0.15) is 0 Å². The van der Waals surface area contributed by atoms with Gasteiger partial charge in [0.05, 0.1) is 23.1 Å². The van der Waals surface area contributed by atoms with Crippen LogP contribution in [-0.4, -0.2) is 40.6 Å². The smallest absolute Gasteiger partial charge is 0.484 e. The normalized spacial score (nSPS) is 30.5. The van der Waals surface area contributed by atoms with Gasteiger partial charge in [-0.25, -0.2) is 9.37 Å². The van der Waals surface area contributed by atoms with Crippen LogP contribution in [0.25, 0.3) is 0 Å². The van der Waals surface area contributed by atoms with E-state index in [1.165, 1.54) is 12.1 Å². The molecule has 1 aromatic heterocycles. The molecule has 33 heavy (non-hydrogen) atoms. The minimum absolute atomic E-state index is 0.00201. The molecule has 0 aliphatic heterocycles. The molecule has 4 aliphatic carbocycles. The Hall–Kier alpha value is -2.33. The van der Waals surface area contributed by atoms with E-state index in [1.54, 1.807) is 6.33 Å². The molecule has 178 valence electrons. The average molecular weight is 488 g/mol. The molecule has 6 rings (SSSR count). The zero-order valence-corrected chi connectivity index (χ0v) is 18.2. The summed E-state index contributed by atoms with van der Waals surface area (Å²) in [6.07, 6.45) is 1.43. The van der Waals surface area contributed by atoms with E-state index >= 15 is 0 Å². The van der Waals surface area contributed by atoms with Crippen molar-refractivity contribution in [2.75, 3.05) is 6.61 Å². The minimum atomic E-state index is -4.60. The summed E-state index contributed by atoms with van der Waals surface area (Å²) in [6, 6.07) is 4.00. The number of halogens is 5. The molecule has 11 heteroatoms. The lowest BCUT2D eigenvalue weighted by Gasteiger charge is -2.39. The van der Waals surface area contributed by atoms with Gasteiger partial charge in [-0.15, -0.1) is 13.2 Å². The number of ether oxygens (including phenoxy) is 2. The lowest BCUT2D eigenvalue weighted by atomic mass is 9.76. The van der Waals surface area contributed by atoms with Gasteiger partial charge in [-0.05, 0) is 50.2 Å². The molecule has 6 nitrogen and oxygen atoms in total. The van der Waals surface area contributed by atoms with Crippen molar-refractivity contribution >= 4 is 17.5 Å². The van der Waals surface area contributed by atoms with Crippen LogP contribution < -0.4 is 10.1 Å². The predicted molar refractivity (Wildman–Crippen MR) is 109 cm³/mol. The summed E-state index contributed by atoms with van der Waals surface area (Å²) >= 11 is 5.64. The number of aromatic nitrogens is 2. The van der Waals surface area contributed by atoms with Crippen LogP contribution in [0.5, 0.6) is 5.75 Å². The Bertz CT molecular complexity index is 1050. The van der Waals surface area contributed by atoms with Gasteiger partial charge in [-0.3, -0.25) is 9.53 Å². The molecule has 4 aliphatic rings. The fraction of sp³-hybridized carbons (Fsp3) is 0.545. The number of nitrogens with zero attached hydrogens (tertiary/aromatic N) is 2. The lowest BCUT2D eigenvalue weighted by Crippen LogP contribution is -2.41. The number of hydrogen-bond acceptors (Lipinski definition) is 4. The van der Waals surface area contributed by atoms with Gasteiger partial charge >= 0.3 is 6.36 Å². The summed E-state index contributed by atoms with van der Waals surface area (Å²) in [4.78, 5) is 16.8. The number of nitrogens with one attached hydrogen (secondary N) is 1. The second-order valence-electron chi connectivity index (χ2n) is 9.20. The van der Waals surface area contributed by atoms with Crippen LogP contribution in [0.15, 0.2) is 30.7 Å². The molecule has 2 aromatic rings. The van der Waals surface area contributed by atoms with Gasteiger partial charge in [0.1, 0.15) is 11.6 Å². The Morgan fingerprint density at radius 3 is 2.73 bits per heavy atom. The van der Waals surface area contributed by atoms with Crippen LogP contribution >= 0.6 is 11.6 Å².